The summed E-state index contributed by atoms with van der Waals surface area (Å²) in [7, 11) is 0. The number of carbonyl (C=O) groups is 3. The molecule has 0 aliphatic carbocycles. The van der Waals surface area contributed by atoms with E-state index < -0.39 is 17.9 Å². The Bertz CT molecular complexity index is 418. The first kappa shape index (κ1) is 42.4. The van der Waals surface area contributed by atoms with Gasteiger partial charge in [0.15, 0.2) is 0 Å². The van der Waals surface area contributed by atoms with Gasteiger partial charge in [-0.1, -0.05) is 60.8 Å². The summed E-state index contributed by atoms with van der Waals surface area (Å²) >= 11 is 6.03. The molecule has 0 saturated carbocycles. The molecule has 0 amide bonds. The molecule has 0 N–H and O–H groups in total. The van der Waals surface area contributed by atoms with Crippen LogP contribution in [0.2, 0.25) is 4.94 Å². The van der Waals surface area contributed by atoms with Crippen LogP contribution in [0, 0.1) is 0 Å². The molecule has 3 atom stereocenters. The Labute approximate surface area is 241 Å². The van der Waals surface area contributed by atoms with Crippen LogP contribution in [0.15, 0.2) is 0 Å². The van der Waals surface area contributed by atoms with Gasteiger partial charge in [0, 0.05) is 15.7 Å². The Morgan fingerprint density at radius 1 is 0.543 bits per heavy atom. The molecule has 0 aromatic carbocycles. The first-order chi connectivity index (χ1) is 16.7. The molecule has 0 spiro atoms. The van der Waals surface area contributed by atoms with Crippen molar-refractivity contribution < 1.29 is 29.7 Å². The van der Waals surface area contributed by atoms with Gasteiger partial charge in [0.05, 0.1) is 17.9 Å². The minimum absolute atomic E-state index is 0.304. The molecule has 206 valence electrons. The van der Waals surface area contributed by atoms with Crippen LogP contribution >= 0.6 is 35.3 Å². The molecule has 0 saturated heterocycles. The van der Waals surface area contributed by atoms with Gasteiger partial charge in [0.25, 0.3) is 0 Å². The number of rotatable bonds is 18. The van der Waals surface area contributed by atoms with Gasteiger partial charge < -0.3 is 29.7 Å². The summed E-state index contributed by atoms with van der Waals surface area (Å²) in [6, 6.07) is 0. The van der Waals surface area contributed by atoms with E-state index in [1.54, 1.807) is 22.5 Å². The first-order valence-corrected chi connectivity index (χ1v) is 18.6. The second-order valence-corrected chi connectivity index (χ2v) is 11.3. The van der Waals surface area contributed by atoms with Crippen LogP contribution in [0.5, 0.6) is 0 Å². The Kier molecular flexibility index (Phi) is 41.5. The van der Waals surface area contributed by atoms with Crippen molar-refractivity contribution in [2.24, 2.45) is 0 Å². The third-order valence-corrected chi connectivity index (χ3v) is 8.71. The number of carboxylic acid groups (broad SMARTS) is 3. The quantitative estimate of drug-likeness (QED) is 0.161. The second-order valence-electron chi connectivity index (χ2n) is 7.32. The summed E-state index contributed by atoms with van der Waals surface area (Å²) in [5.41, 5.74) is 0. The Hall–Kier alpha value is 0.259. The van der Waals surface area contributed by atoms with Gasteiger partial charge in [-0.2, -0.15) is 35.3 Å². The van der Waals surface area contributed by atoms with Crippen LogP contribution in [0.3, 0.4) is 0 Å². The van der Waals surface area contributed by atoms with E-state index >= 15 is 0 Å². The average molecular weight is 660 g/mol. The van der Waals surface area contributed by atoms with Gasteiger partial charge in [0.1, 0.15) is 0 Å². The standard InChI is InChI=1S/3C8H16O2S.CH3.Sn/c3*1-3-5-6-11-7(4-2)8(9)10;;/h3*7H,3-6H2,1-2H3,(H,9,10);1H3;/q;;;;+3/p-3. The number of hydrogen-bond acceptors (Lipinski definition) is 9. The molecule has 0 heterocycles. The molecule has 0 radical (unpaired) electrons. The number of aliphatic carboxylic acids is 3. The molecule has 0 bridgehead atoms. The van der Waals surface area contributed by atoms with Crippen molar-refractivity contribution in [2.45, 2.75) is 120 Å². The van der Waals surface area contributed by atoms with E-state index in [1.807, 2.05) is 20.8 Å². The van der Waals surface area contributed by atoms with Crippen molar-refractivity contribution in [2.75, 3.05) is 17.3 Å². The maximum absolute atomic E-state index is 10.4. The Morgan fingerprint density at radius 2 is 0.743 bits per heavy atom. The first-order valence-electron chi connectivity index (χ1n) is 12.6. The van der Waals surface area contributed by atoms with Crippen LogP contribution in [0.4, 0.5) is 0 Å². The molecular formula is C25H48O6S3Sn. The van der Waals surface area contributed by atoms with Gasteiger partial charge in [-0.15, -0.1) is 0 Å². The fourth-order valence-corrected chi connectivity index (χ4v) is 5.50. The third kappa shape index (κ3) is 32.2. The Balaban J connectivity index is -0.000000198. The van der Waals surface area contributed by atoms with E-state index in [0.717, 1.165) is 55.8 Å². The molecule has 0 aliphatic rings. The zero-order chi connectivity index (χ0) is 28.1. The third-order valence-electron chi connectivity index (χ3n) is 4.35. The molecule has 0 aromatic heterocycles. The number of unbranched alkanes of at least 4 members (excludes halogenated alkanes) is 3. The monoisotopic (exact) mass is 660 g/mol. The van der Waals surface area contributed by atoms with Gasteiger partial charge in [-0.3, -0.25) is 0 Å². The molecule has 35 heavy (non-hydrogen) atoms. The molecular weight excluding hydrogens is 611 g/mol. The van der Waals surface area contributed by atoms with Gasteiger partial charge >= 0.3 is 27.5 Å². The zero-order valence-corrected chi connectivity index (χ0v) is 28.2. The summed E-state index contributed by atoms with van der Waals surface area (Å²) < 4.78 is 0. The predicted molar refractivity (Wildman–Crippen MR) is 151 cm³/mol. The van der Waals surface area contributed by atoms with Crippen molar-refractivity contribution in [3.8, 4) is 0 Å². The van der Waals surface area contributed by atoms with E-state index in [0.29, 0.717) is 19.3 Å². The zero-order valence-electron chi connectivity index (χ0n) is 22.9. The molecule has 0 aliphatic heterocycles. The topological polar surface area (TPSA) is 120 Å². The van der Waals surface area contributed by atoms with Crippen molar-refractivity contribution in [3.05, 3.63) is 0 Å². The number of thioether (sulfide) groups is 3. The van der Waals surface area contributed by atoms with Crippen LogP contribution in [0.1, 0.15) is 99.3 Å². The number of carboxylic acids is 3. The Morgan fingerprint density at radius 3 is 0.857 bits per heavy atom. The summed E-state index contributed by atoms with van der Waals surface area (Å²) in [5, 5.41) is 30.3. The summed E-state index contributed by atoms with van der Waals surface area (Å²) in [6.07, 6.45) is 8.63. The molecule has 10 heteroatoms. The van der Waals surface area contributed by atoms with E-state index in [4.69, 9.17) is 0 Å². The van der Waals surface area contributed by atoms with Crippen LogP contribution < -0.4 is 15.3 Å². The fraction of sp³-hybridized carbons (Fsp3) is 0.880. The molecule has 0 fully saturated rings. The average Bonchev–Trinajstić information content (AvgIpc) is 2.84. The van der Waals surface area contributed by atoms with Crippen molar-refractivity contribution in [1.29, 1.82) is 0 Å². The summed E-state index contributed by atoms with van der Waals surface area (Å²) in [4.78, 5) is 33.3. The maximum atomic E-state index is 10.4. The molecule has 6 nitrogen and oxygen atoms in total. The second kappa shape index (κ2) is 34.3. The van der Waals surface area contributed by atoms with Crippen molar-refractivity contribution in [3.63, 3.8) is 0 Å². The molecule has 3 unspecified atom stereocenters. The van der Waals surface area contributed by atoms with Gasteiger partial charge in [0.2, 0.25) is 0 Å². The van der Waals surface area contributed by atoms with E-state index in [2.05, 4.69) is 25.7 Å². The van der Waals surface area contributed by atoms with Crippen molar-refractivity contribution >= 4 is 75.7 Å². The molecule has 0 rings (SSSR count). The van der Waals surface area contributed by atoms with Crippen molar-refractivity contribution in [1.82, 2.24) is 0 Å². The fourth-order valence-electron chi connectivity index (χ4n) is 2.17. The van der Waals surface area contributed by atoms with E-state index in [1.165, 1.54) is 35.3 Å². The number of hydrogen-bond donors (Lipinski definition) is 0. The normalized spacial score (nSPS) is 12.4. The van der Waals surface area contributed by atoms with E-state index in [-0.39, 0.29) is 15.7 Å². The summed E-state index contributed by atoms with van der Waals surface area (Å²) in [5.74, 6) is 0.0328. The van der Waals surface area contributed by atoms with Crippen LogP contribution in [-0.2, 0) is 14.4 Å². The van der Waals surface area contributed by atoms with Crippen LogP contribution in [-0.4, -0.2) is 73.4 Å². The molecule has 0 aromatic rings. The SMILES string of the molecule is CCCCSC(CC)C(=O)[O-].CCCCSC(CC)C(=O)[O-].CCCCSC(CC)C(=O)[O-].[CH3][Sn+3]. The van der Waals surface area contributed by atoms with Crippen LogP contribution in [0.25, 0.3) is 0 Å². The summed E-state index contributed by atoms with van der Waals surface area (Å²) in [6.45, 7) is 11.9. The number of carbonyl (C=O) groups excluding carboxylic acids is 3. The van der Waals surface area contributed by atoms with Gasteiger partial charge in [-0.25, -0.2) is 0 Å². The predicted octanol–water partition coefficient (Wildman–Crippen LogP) is 3.35. The van der Waals surface area contributed by atoms with Gasteiger partial charge in [-0.05, 0) is 55.8 Å². The minimum atomic E-state index is -0.923. The van der Waals surface area contributed by atoms with E-state index in [9.17, 15) is 29.7 Å².